The molecule has 4 aliphatic rings. The molecule has 286 valence electrons. The summed E-state index contributed by atoms with van der Waals surface area (Å²) in [7, 11) is 1.64. The van der Waals surface area contributed by atoms with Crippen molar-refractivity contribution in [2.45, 2.75) is 109 Å². The number of hydrogen-bond donors (Lipinski definition) is 2. The van der Waals surface area contributed by atoms with Crippen molar-refractivity contribution in [2.75, 3.05) is 7.11 Å². The first kappa shape index (κ1) is 38.1. The van der Waals surface area contributed by atoms with Gasteiger partial charge < -0.3 is 24.4 Å². The number of phenols is 1. The molecule has 2 aliphatic carbocycles. The molecule has 4 aromatic carbocycles. The van der Waals surface area contributed by atoms with Crippen LogP contribution in [0.15, 0.2) is 96.8 Å². The highest BCUT2D eigenvalue weighted by Gasteiger charge is 2.38. The highest BCUT2D eigenvalue weighted by atomic mass is 16.5. The first-order chi connectivity index (χ1) is 26.8. The Bertz CT molecular complexity index is 2090. The van der Waals surface area contributed by atoms with Gasteiger partial charge in [-0.05, 0) is 139 Å². The number of Topliss-reactive ketones (excluding diaryl/α,β-unsaturated/α-hetero) is 1. The van der Waals surface area contributed by atoms with E-state index < -0.39 is 11.5 Å². The Hall–Kier alpha value is -5.15. The summed E-state index contributed by atoms with van der Waals surface area (Å²) in [4.78, 5) is 13.7. The van der Waals surface area contributed by atoms with Crippen LogP contribution in [0.2, 0.25) is 0 Å². The van der Waals surface area contributed by atoms with Crippen molar-refractivity contribution < 1.29 is 29.2 Å². The summed E-state index contributed by atoms with van der Waals surface area (Å²) in [5.74, 6) is 5.69. The number of ketones is 1. The Labute approximate surface area is 326 Å². The molecule has 3 atom stereocenters. The summed E-state index contributed by atoms with van der Waals surface area (Å²) >= 11 is 0. The van der Waals surface area contributed by atoms with Crippen molar-refractivity contribution in [3.05, 3.63) is 125 Å². The maximum Gasteiger partial charge on any atom is 0.161 e. The number of unbranched alkanes of at least 4 members (excludes halogenated alkanes) is 1. The van der Waals surface area contributed by atoms with Crippen LogP contribution in [0.25, 0.3) is 10.8 Å². The first-order valence-electron chi connectivity index (χ1n) is 20.2. The Kier molecular flexibility index (Phi) is 12.2. The lowest BCUT2D eigenvalue weighted by Gasteiger charge is -2.29. The highest BCUT2D eigenvalue weighted by Crippen LogP contribution is 2.48. The van der Waals surface area contributed by atoms with Crippen LogP contribution in [0.5, 0.6) is 17.2 Å². The second-order valence-electron chi connectivity index (χ2n) is 15.7. The van der Waals surface area contributed by atoms with Gasteiger partial charge in [0.25, 0.3) is 0 Å². The third-order valence-corrected chi connectivity index (χ3v) is 11.9. The van der Waals surface area contributed by atoms with Gasteiger partial charge in [0.2, 0.25) is 0 Å². The molecule has 1 fully saturated rings. The zero-order chi connectivity index (χ0) is 38.2. The second kappa shape index (κ2) is 17.5. The van der Waals surface area contributed by atoms with Crippen LogP contribution in [-0.4, -0.2) is 29.2 Å². The van der Waals surface area contributed by atoms with Crippen LogP contribution in [0, 0.1) is 23.9 Å². The average molecular weight is 739 g/mol. The molecule has 6 heteroatoms. The molecule has 8 rings (SSSR count). The minimum atomic E-state index is -0.580. The van der Waals surface area contributed by atoms with Gasteiger partial charge in [-0.2, -0.15) is 0 Å². The zero-order valence-electron chi connectivity index (χ0n) is 32.3. The number of carbonyl (C=O) groups is 1. The number of allylic oxidation sites excluding steroid dienone is 3. The molecule has 2 N–H and O–H groups in total. The average Bonchev–Trinajstić information content (AvgIpc) is 3.67. The largest absolute Gasteiger partial charge is 0.508 e. The minimum Gasteiger partial charge on any atom is -0.508 e. The van der Waals surface area contributed by atoms with Gasteiger partial charge in [-0.25, -0.2) is 0 Å². The SMILES string of the molecule is CCc1cc(O)c2c3ccc(cc13)COc1cc(ccc1OC)CCC(=O)CC(CC1C=C(O)C=CC1CCCCc1ccccc1)OC#CC21CCCC1. The molecule has 3 unspecified atom stereocenters. The van der Waals surface area contributed by atoms with Gasteiger partial charge in [-0.1, -0.05) is 80.8 Å². The number of methoxy groups -OCH3 is 1. The number of aliphatic hydroxyl groups excluding tert-OH is 1. The van der Waals surface area contributed by atoms with E-state index in [4.69, 9.17) is 14.2 Å². The fourth-order valence-electron chi connectivity index (χ4n) is 8.98. The third kappa shape index (κ3) is 9.05. The van der Waals surface area contributed by atoms with Gasteiger partial charge in [0, 0.05) is 18.4 Å². The number of aryl methyl sites for hydroxylation is 3. The number of hydrogen-bond acceptors (Lipinski definition) is 6. The van der Waals surface area contributed by atoms with E-state index in [-0.39, 0.29) is 35.5 Å². The van der Waals surface area contributed by atoms with E-state index in [1.54, 1.807) is 13.2 Å². The van der Waals surface area contributed by atoms with Gasteiger partial charge in [0.15, 0.2) is 11.5 Å². The van der Waals surface area contributed by atoms with Crippen LogP contribution in [0.4, 0.5) is 0 Å². The lowest BCUT2D eigenvalue weighted by atomic mass is 9.76. The fourth-order valence-corrected chi connectivity index (χ4v) is 8.98. The molecule has 0 radical (unpaired) electrons. The number of ether oxygens (including phenoxy) is 3. The van der Waals surface area contributed by atoms with E-state index in [0.717, 1.165) is 90.8 Å². The highest BCUT2D eigenvalue weighted by molar-refractivity contribution is 5.93. The lowest BCUT2D eigenvalue weighted by molar-refractivity contribution is -0.121. The van der Waals surface area contributed by atoms with Crippen molar-refractivity contribution in [2.24, 2.45) is 11.8 Å². The van der Waals surface area contributed by atoms with Gasteiger partial charge in [-0.15, -0.1) is 0 Å². The second-order valence-corrected chi connectivity index (χ2v) is 15.7. The molecule has 1 spiro atoms. The molecular formula is C49H54O6. The van der Waals surface area contributed by atoms with Crippen LogP contribution in [0.3, 0.4) is 0 Å². The van der Waals surface area contributed by atoms with Crippen LogP contribution < -0.4 is 9.47 Å². The lowest BCUT2D eigenvalue weighted by Crippen LogP contribution is -2.25. The summed E-state index contributed by atoms with van der Waals surface area (Å²) < 4.78 is 18.5. The summed E-state index contributed by atoms with van der Waals surface area (Å²) in [5, 5.41) is 24.4. The smallest absolute Gasteiger partial charge is 0.161 e. The van der Waals surface area contributed by atoms with Crippen molar-refractivity contribution in [3.63, 3.8) is 0 Å². The molecule has 6 bridgehead atoms. The number of rotatable bonds is 9. The monoisotopic (exact) mass is 738 g/mol. The molecule has 1 saturated carbocycles. The number of phenolic OH excluding ortho intramolecular Hbond substituents is 1. The Morgan fingerprint density at radius 3 is 2.53 bits per heavy atom. The van der Waals surface area contributed by atoms with Gasteiger partial charge in [0.05, 0.1) is 12.5 Å². The molecule has 0 aromatic heterocycles. The quantitative estimate of drug-likeness (QED) is 0.131. The van der Waals surface area contributed by atoms with Crippen molar-refractivity contribution in [1.82, 2.24) is 0 Å². The number of aromatic hydroxyl groups is 1. The van der Waals surface area contributed by atoms with Crippen LogP contribution in [0.1, 0.15) is 98.9 Å². The number of fused-ring (bicyclic) bond motifs is 8. The molecule has 6 nitrogen and oxygen atoms in total. The van der Waals surface area contributed by atoms with E-state index in [1.165, 1.54) is 5.56 Å². The third-order valence-electron chi connectivity index (χ3n) is 11.9. The van der Waals surface area contributed by atoms with E-state index in [2.05, 4.69) is 73.6 Å². The van der Waals surface area contributed by atoms with Gasteiger partial charge in [-0.3, -0.25) is 4.79 Å². The molecule has 2 aliphatic heterocycles. The minimum absolute atomic E-state index is 0.00782. The first-order valence-corrected chi connectivity index (χ1v) is 20.2. The van der Waals surface area contributed by atoms with Crippen molar-refractivity contribution in [3.8, 4) is 29.3 Å². The van der Waals surface area contributed by atoms with Crippen LogP contribution >= 0.6 is 0 Å². The normalized spacial score (nSPS) is 20.9. The zero-order valence-corrected chi connectivity index (χ0v) is 32.3. The molecule has 4 aromatic rings. The molecule has 55 heavy (non-hydrogen) atoms. The Balaban J connectivity index is 1.21. The fraction of sp³-hybridized carbons (Fsp3) is 0.408. The van der Waals surface area contributed by atoms with Crippen molar-refractivity contribution >= 4 is 16.6 Å². The maximum atomic E-state index is 13.7. The predicted octanol–water partition coefficient (Wildman–Crippen LogP) is 10.8. The molecular weight excluding hydrogens is 685 g/mol. The summed E-state index contributed by atoms with van der Waals surface area (Å²) in [5.41, 5.74) is 4.72. The topological polar surface area (TPSA) is 85.2 Å². The van der Waals surface area contributed by atoms with E-state index in [1.807, 2.05) is 30.3 Å². The number of aliphatic hydroxyl groups is 1. The number of benzene rings is 4. The maximum absolute atomic E-state index is 13.7. The molecule has 0 saturated heterocycles. The van der Waals surface area contributed by atoms with Gasteiger partial charge >= 0.3 is 0 Å². The predicted molar refractivity (Wildman–Crippen MR) is 219 cm³/mol. The Morgan fingerprint density at radius 2 is 1.73 bits per heavy atom. The van der Waals surface area contributed by atoms with E-state index in [0.29, 0.717) is 37.4 Å². The van der Waals surface area contributed by atoms with Gasteiger partial charge in [0.1, 0.15) is 36.1 Å². The Morgan fingerprint density at radius 1 is 0.909 bits per heavy atom. The molecule has 0 amide bonds. The standard InChI is InChI=1S/C49H54O6/c1-3-37-31-45(52)48-43-21-16-36(27-44(37)43)33-55-47-28-35(17-22-46(47)53-2)15-19-41(51)32-42(54-26-25-49(48)23-9-10-24-49)30-39-29-40(50)20-18-38(39)14-8-7-13-34-11-5-4-6-12-34/h4-6,11-12,16-18,20-22,27-29,31,38-39,42,50,52H,3,7-10,13-15,19,23-24,30,32-33H2,1-2H3. The molecule has 2 heterocycles. The summed E-state index contributed by atoms with van der Waals surface area (Å²) in [6.45, 7) is 2.46. The summed E-state index contributed by atoms with van der Waals surface area (Å²) in [6, 6.07) is 24.7. The van der Waals surface area contributed by atoms with Crippen molar-refractivity contribution in [1.29, 1.82) is 0 Å². The van der Waals surface area contributed by atoms with E-state index in [9.17, 15) is 15.0 Å². The number of carbonyl (C=O) groups excluding carboxylic acids is 1. The van der Waals surface area contributed by atoms with E-state index >= 15 is 0 Å². The van der Waals surface area contributed by atoms with Crippen LogP contribution in [-0.2, 0) is 40.8 Å². The summed E-state index contributed by atoms with van der Waals surface area (Å²) in [6.07, 6.45) is 18.8.